The Morgan fingerprint density at radius 1 is 1.08 bits per heavy atom. The van der Waals surface area contributed by atoms with Crippen LogP contribution in [-0.2, 0) is 9.53 Å². The molecule has 0 bridgehead atoms. The molecular formula is C19H22BrN3O3. The molecule has 0 aliphatic rings. The number of hydrogen-bond acceptors (Lipinski definition) is 4. The third-order valence-corrected chi connectivity index (χ3v) is 3.99. The molecule has 0 saturated heterocycles. The highest BCUT2D eigenvalue weighted by Crippen LogP contribution is 2.15. The molecule has 7 heteroatoms. The van der Waals surface area contributed by atoms with E-state index in [0.717, 1.165) is 16.6 Å². The molecule has 0 heterocycles. The quantitative estimate of drug-likeness (QED) is 0.544. The highest BCUT2D eigenvalue weighted by atomic mass is 79.9. The van der Waals surface area contributed by atoms with Gasteiger partial charge in [0.1, 0.15) is 0 Å². The molecule has 26 heavy (non-hydrogen) atoms. The number of carbonyl (C=O) groups excluding carboxylic acids is 2. The van der Waals surface area contributed by atoms with Crippen LogP contribution in [0.2, 0.25) is 0 Å². The van der Waals surface area contributed by atoms with E-state index >= 15 is 0 Å². The summed E-state index contributed by atoms with van der Waals surface area (Å²) in [5, 5.41) is 8.65. The Bertz CT molecular complexity index is 752. The van der Waals surface area contributed by atoms with Crippen molar-refractivity contribution in [1.29, 1.82) is 0 Å². The van der Waals surface area contributed by atoms with E-state index in [4.69, 9.17) is 4.74 Å². The van der Waals surface area contributed by atoms with E-state index in [2.05, 4.69) is 31.9 Å². The van der Waals surface area contributed by atoms with E-state index in [-0.39, 0.29) is 18.4 Å². The van der Waals surface area contributed by atoms with Crippen molar-refractivity contribution >= 4 is 39.1 Å². The molecule has 0 aromatic heterocycles. The number of benzene rings is 2. The van der Waals surface area contributed by atoms with Crippen LogP contribution in [0.4, 0.5) is 11.4 Å². The molecule has 2 aromatic rings. The Kier molecular flexibility index (Phi) is 8.11. The van der Waals surface area contributed by atoms with Gasteiger partial charge in [0.25, 0.3) is 5.91 Å². The molecule has 0 radical (unpaired) electrons. The lowest BCUT2D eigenvalue weighted by Crippen LogP contribution is -2.25. The van der Waals surface area contributed by atoms with Crippen LogP contribution in [0.5, 0.6) is 0 Å². The Balaban J connectivity index is 1.85. The van der Waals surface area contributed by atoms with Gasteiger partial charge in [0, 0.05) is 41.7 Å². The number of nitrogens with one attached hydrogen (secondary N) is 3. The Morgan fingerprint density at radius 3 is 2.62 bits per heavy atom. The van der Waals surface area contributed by atoms with Gasteiger partial charge in [0.15, 0.2) is 0 Å². The summed E-state index contributed by atoms with van der Waals surface area (Å²) >= 11 is 3.39. The first-order valence-electron chi connectivity index (χ1n) is 8.25. The Labute approximate surface area is 161 Å². The van der Waals surface area contributed by atoms with Gasteiger partial charge in [-0.1, -0.05) is 28.1 Å². The number of halogens is 1. The predicted molar refractivity (Wildman–Crippen MR) is 107 cm³/mol. The lowest BCUT2D eigenvalue weighted by Gasteiger charge is -2.10. The van der Waals surface area contributed by atoms with Crippen molar-refractivity contribution < 1.29 is 14.3 Å². The average Bonchev–Trinajstić information content (AvgIpc) is 2.64. The second-order valence-corrected chi connectivity index (χ2v) is 6.51. The van der Waals surface area contributed by atoms with Crippen LogP contribution < -0.4 is 16.0 Å². The zero-order valence-electron chi connectivity index (χ0n) is 14.5. The lowest BCUT2D eigenvalue weighted by molar-refractivity contribution is -0.114. The van der Waals surface area contributed by atoms with E-state index in [1.807, 2.05) is 24.3 Å². The SMILES string of the molecule is COCCCNC(=O)c1cccc(NC(=O)CNc2cccc(Br)c2)c1. The molecule has 6 nitrogen and oxygen atoms in total. The van der Waals surface area contributed by atoms with Crippen LogP contribution in [0.3, 0.4) is 0 Å². The normalized spacial score (nSPS) is 10.2. The summed E-state index contributed by atoms with van der Waals surface area (Å²) in [4.78, 5) is 24.2. The summed E-state index contributed by atoms with van der Waals surface area (Å²) in [7, 11) is 1.62. The van der Waals surface area contributed by atoms with Gasteiger partial charge in [0.2, 0.25) is 5.91 Å². The van der Waals surface area contributed by atoms with Crippen LogP contribution in [0.15, 0.2) is 53.0 Å². The second-order valence-electron chi connectivity index (χ2n) is 5.60. The highest BCUT2D eigenvalue weighted by Gasteiger charge is 2.08. The number of methoxy groups -OCH3 is 1. The summed E-state index contributed by atoms with van der Waals surface area (Å²) in [6.45, 7) is 1.27. The maximum absolute atomic E-state index is 12.1. The van der Waals surface area contributed by atoms with E-state index in [1.54, 1.807) is 31.4 Å². The minimum atomic E-state index is -0.192. The van der Waals surface area contributed by atoms with Crippen LogP contribution in [0.25, 0.3) is 0 Å². The fraction of sp³-hybridized carbons (Fsp3) is 0.263. The molecule has 138 valence electrons. The first-order chi connectivity index (χ1) is 12.6. The van der Waals surface area contributed by atoms with Crippen molar-refractivity contribution in [1.82, 2.24) is 5.32 Å². The molecule has 0 aliphatic carbocycles. The molecule has 0 saturated carbocycles. The van der Waals surface area contributed by atoms with Crippen LogP contribution in [0, 0.1) is 0 Å². The third kappa shape index (κ3) is 6.85. The molecule has 0 atom stereocenters. The van der Waals surface area contributed by atoms with Gasteiger partial charge in [-0.15, -0.1) is 0 Å². The van der Waals surface area contributed by atoms with Gasteiger partial charge < -0.3 is 20.7 Å². The summed E-state index contributed by atoms with van der Waals surface area (Å²) in [6, 6.07) is 14.4. The minimum Gasteiger partial charge on any atom is -0.385 e. The molecule has 0 fully saturated rings. The number of anilines is 2. The zero-order valence-corrected chi connectivity index (χ0v) is 16.1. The molecule has 0 unspecified atom stereocenters. The van der Waals surface area contributed by atoms with Gasteiger partial charge in [0.05, 0.1) is 6.54 Å². The fourth-order valence-corrected chi connectivity index (χ4v) is 2.64. The number of amides is 2. The van der Waals surface area contributed by atoms with Crippen molar-refractivity contribution in [3.05, 3.63) is 58.6 Å². The van der Waals surface area contributed by atoms with Crippen LogP contribution >= 0.6 is 15.9 Å². The lowest BCUT2D eigenvalue weighted by atomic mass is 10.2. The van der Waals surface area contributed by atoms with Crippen molar-refractivity contribution in [3.8, 4) is 0 Å². The van der Waals surface area contributed by atoms with Crippen molar-refractivity contribution in [2.24, 2.45) is 0 Å². The topological polar surface area (TPSA) is 79.5 Å². The van der Waals surface area contributed by atoms with Gasteiger partial charge in [-0.05, 0) is 42.8 Å². The predicted octanol–water partition coefficient (Wildman–Crippen LogP) is 3.27. The molecular weight excluding hydrogens is 398 g/mol. The van der Waals surface area contributed by atoms with E-state index < -0.39 is 0 Å². The van der Waals surface area contributed by atoms with Crippen molar-refractivity contribution in [2.45, 2.75) is 6.42 Å². The molecule has 2 rings (SSSR count). The first kappa shape index (κ1) is 19.9. The number of rotatable bonds is 9. The van der Waals surface area contributed by atoms with Gasteiger partial charge in [-0.3, -0.25) is 9.59 Å². The summed E-state index contributed by atoms with van der Waals surface area (Å²) in [5.41, 5.74) is 1.93. The van der Waals surface area contributed by atoms with Crippen molar-refractivity contribution in [3.63, 3.8) is 0 Å². The Morgan fingerprint density at radius 2 is 1.85 bits per heavy atom. The zero-order chi connectivity index (χ0) is 18.8. The number of carbonyl (C=O) groups is 2. The fourth-order valence-electron chi connectivity index (χ4n) is 2.24. The monoisotopic (exact) mass is 419 g/mol. The summed E-state index contributed by atoms with van der Waals surface area (Å²) < 4.78 is 5.88. The van der Waals surface area contributed by atoms with E-state index in [1.165, 1.54) is 0 Å². The smallest absolute Gasteiger partial charge is 0.251 e. The number of hydrogen-bond donors (Lipinski definition) is 3. The molecule has 0 aliphatic heterocycles. The standard InChI is InChI=1S/C19H22BrN3O3/c1-26-10-4-9-21-19(25)14-5-2-8-17(11-14)23-18(24)13-22-16-7-3-6-15(20)12-16/h2-3,5-8,11-12,22H,4,9-10,13H2,1H3,(H,21,25)(H,23,24). The summed E-state index contributed by atoms with van der Waals surface area (Å²) in [6.07, 6.45) is 0.750. The molecule has 0 spiro atoms. The largest absolute Gasteiger partial charge is 0.385 e. The Hall–Kier alpha value is -2.38. The molecule has 2 amide bonds. The van der Waals surface area contributed by atoms with Crippen LogP contribution in [0.1, 0.15) is 16.8 Å². The third-order valence-electron chi connectivity index (χ3n) is 3.50. The minimum absolute atomic E-state index is 0.129. The van der Waals surface area contributed by atoms with Crippen LogP contribution in [-0.4, -0.2) is 38.6 Å². The second kappa shape index (κ2) is 10.6. The van der Waals surface area contributed by atoms with Gasteiger partial charge >= 0.3 is 0 Å². The average molecular weight is 420 g/mol. The molecule has 3 N–H and O–H groups in total. The van der Waals surface area contributed by atoms with Crippen molar-refractivity contribution in [2.75, 3.05) is 37.4 Å². The van der Waals surface area contributed by atoms with E-state index in [0.29, 0.717) is 24.4 Å². The summed E-state index contributed by atoms with van der Waals surface area (Å²) in [5.74, 6) is -0.368. The highest BCUT2D eigenvalue weighted by molar-refractivity contribution is 9.10. The van der Waals surface area contributed by atoms with E-state index in [9.17, 15) is 9.59 Å². The maximum Gasteiger partial charge on any atom is 0.251 e. The van der Waals surface area contributed by atoms with Gasteiger partial charge in [-0.2, -0.15) is 0 Å². The first-order valence-corrected chi connectivity index (χ1v) is 9.04. The van der Waals surface area contributed by atoms with Gasteiger partial charge in [-0.25, -0.2) is 0 Å². The maximum atomic E-state index is 12.1. The molecule has 2 aromatic carbocycles. The number of ether oxygens (including phenoxy) is 1.